The summed E-state index contributed by atoms with van der Waals surface area (Å²) >= 11 is 0. The van der Waals surface area contributed by atoms with Crippen molar-refractivity contribution in [1.82, 2.24) is 24.7 Å². The molecular weight excluding hydrogens is 586 g/mol. The normalized spacial score (nSPS) is 19.0. The third-order valence-corrected chi connectivity index (χ3v) is 8.78. The number of aryl methyl sites for hydroxylation is 1. The molecule has 0 spiro atoms. The summed E-state index contributed by atoms with van der Waals surface area (Å²) in [5.41, 5.74) is 1.06. The van der Waals surface area contributed by atoms with Crippen LogP contribution in [0.5, 0.6) is 0 Å². The molecule has 3 aliphatic rings. The van der Waals surface area contributed by atoms with Gasteiger partial charge in [0.25, 0.3) is 0 Å². The van der Waals surface area contributed by atoms with Gasteiger partial charge in [-0.05, 0) is 64.5 Å². The van der Waals surface area contributed by atoms with Crippen molar-refractivity contribution >= 4 is 34.8 Å². The van der Waals surface area contributed by atoms with Gasteiger partial charge in [-0.3, -0.25) is 28.8 Å². The Kier molecular flexibility index (Phi) is 12.1. The maximum atomic E-state index is 13.1. The number of amides is 4. The number of carbonyl (C=O) groups excluding carboxylic acids is 4. The number of carbonyl (C=O) groups is 4. The van der Waals surface area contributed by atoms with E-state index in [1.165, 1.54) is 47.7 Å². The predicted molar refractivity (Wildman–Crippen MR) is 176 cm³/mol. The Morgan fingerprint density at radius 2 is 1.65 bits per heavy atom. The Morgan fingerprint density at radius 3 is 2.26 bits per heavy atom. The Bertz CT molecular complexity index is 1510. The number of piperidine rings is 2. The Balaban J connectivity index is 0.000000717. The van der Waals surface area contributed by atoms with Crippen LogP contribution in [-0.2, 0) is 26.2 Å². The van der Waals surface area contributed by atoms with Crippen molar-refractivity contribution in [3.63, 3.8) is 0 Å². The van der Waals surface area contributed by atoms with Crippen molar-refractivity contribution in [2.24, 2.45) is 13.0 Å². The molecule has 2 aliphatic heterocycles. The largest absolute Gasteiger partial charge is 0.444 e. The minimum absolute atomic E-state index is 0.0790. The number of nitrogens with zero attached hydrogens (tertiary/aromatic N) is 3. The van der Waals surface area contributed by atoms with Crippen LogP contribution in [0.2, 0.25) is 0 Å². The number of imidazole rings is 1. The minimum Gasteiger partial charge on any atom is -0.444 e. The second-order valence-electron chi connectivity index (χ2n) is 13.5. The van der Waals surface area contributed by atoms with E-state index in [9.17, 15) is 24.0 Å². The molecule has 3 fully saturated rings. The van der Waals surface area contributed by atoms with Crippen molar-refractivity contribution < 1.29 is 23.9 Å². The van der Waals surface area contributed by atoms with Crippen molar-refractivity contribution in [2.45, 2.75) is 109 Å². The van der Waals surface area contributed by atoms with Crippen LogP contribution in [-0.4, -0.2) is 63.1 Å². The molecule has 0 radical (unpaired) electrons. The SMILES string of the molecule is C1CCCCC1.Cn1c(=O)n(C2CCC(=O)NC2=O)c2cccc(C#CCCC3CCN(C(=O)CNC(=O)OC(C)(C)C)CC3)c21. The summed E-state index contributed by atoms with van der Waals surface area (Å²) in [6, 6.07) is 4.74. The molecule has 1 aromatic heterocycles. The number of hydrogen-bond donors (Lipinski definition) is 2. The number of rotatable bonds is 5. The summed E-state index contributed by atoms with van der Waals surface area (Å²) < 4.78 is 8.14. The van der Waals surface area contributed by atoms with Crippen molar-refractivity contribution in [1.29, 1.82) is 0 Å². The first kappa shape index (κ1) is 34.8. The highest BCUT2D eigenvalue weighted by atomic mass is 16.6. The van der Waals surface area contributed by atoms with Crippen molar-refractivity contribution in [3.05, 3.63) is 34.2 Å². The van der Waals surface area contributed by atoms with Gasteiger partial charge in [0.15, 0.2) is 0 Å². The summed E-state index contributed by atoms with van der Waals surface area (Å²) in [4.78, 5) is 63.1. The average Bonchev–Trinajstić information content (AvgIpc) is 3.28. The van der Waals surface area contributed by atoms with E-state index >= 15 is 0 Å². The van der Waals surface area contributed by atoms with E-state index in [1.807, 2.05) is 12.1 Å². The minimum atomic E-state index is -0.733. The van der Waals surface area contributed by atoms with Crippen molar-refractivity contribution in [2.75, 3.05) is 19.6 Å². The Labute approximate surface area is 271 Å². The number of para-hydroxylation sites is 1. The fraction of sp³-hybridized carbons (Fsp3) is 0.629. The lowest BCUT2D eigenvalue weighted by Crippen LogP contribution is -2.45. The van der Waals surface area contributed by atoms with Crippen LogP contribution < -0.4 is 16.3 Å². The van der Waals surface area contributed by atoms with Crippen LogP contribution in [0.4, 0.5) is 4.79 Å². The van der Waals surface area contributed by atoms with Gasteiger partial charge in [-0.2, -0.15) is 0 Å². The highest BCUT2D eigenvalue weighted by Crippen LogP contribution is 2.25. The number of aromatic nitrogens is 2. The first-order chi connectivity index (χ1) is 21.9. The third kappa shape index (κ3) is 9.47. The maximum absolute atomic E-state index is 13.1. The smallest absolute Gasteiger partial charge is 0.408 e. The van der Waals surface area contributed by atoms with E-state index in [-0.39, 0.29) is 36.9 Å². The molecule has 1 unspecified atom stereocenters. The van der Waals surface area contributed by atoms with Crippen LogP contribution >= 0.6 is 0 Å². The fourth-order valence-electron chi connectivity index (χ4n) is 6.31. The topological polar surface area (TPSA) is 132 Å². The molecule has 1 atom stereocenters. The average molecular weight is 636 g/mol. The van der Waals surface area contributed by atoms with E-state index in [0.29, 0.717) is 42.0 Å². The molecule has 1 saturated carbocycles. The van der Waals surface area contributed by atoms with E-state index in [0.717, 1.165) is 19.3 Å². The van der Waals surface area contributed by atoms with Gasteiger partial charge in [-0.1, -0.05) is 56.4 Å². The number of likely N-dealkylation sites (tertiary alicyclic amines) is 1. The number of hydrogen-bond acceptors (Lipinski definition) is 6. The summed E-state index contributed by atoms with van der Waals surface area (Å²) in [6.45, 7) is 6.52. The summed E-state index contributed by atoms with van der Waals surface area (Å²) in [7, 11) is 1.66. The second kappa shape index (κ2) is 16.0. The number of fused-ring (bicyclic) bond motifs is 1. The molecular formula is C35H49N5O6. The number of ether oxygens (including phenoxy) is 1. The van der Waals surface area contributed by atoms with Gasteiger partial charge in [0, 0.05) is 33.0 Å². The van der Waals surface area contributed by atoms with Gasteiger partial charge < -0.3 is 15.0 Å². The van der Waals surface area contributed by atoms with Gasteiger partial charge in [-0.25, -0.2) is 9.59 Å². The predicted octanol–water partition coefficient (Wildman–Crippen LogP) is 4.55. The first-order valence-electron chi connectivity index (χ1n) is 16.7. The zero-order valence-corrected chi connectivity index (χ0v) is 27.8. The molecule has 5 rings (SSSR count). The second-order valence-corrected chi connectivity index (χ2v) is 13.5. The first-order valence-corrected chi connectivity index (χ1v) is 16.7. The molecule has 250 valence electrons. The fourth-order valence-corrected chi connectivity index (χ4v) is 6.31. The number of alkyl carbamates (subject to hydrolysis) is 1. The monoisotopic (exact) mass is 635 g/mol. The number of nitrogens with one attached hydrogen (secondary N) is 2. The molecule has 3 heterocycles. The molecule has 1 aliphatic carbocycles. The zero-order chi connectivity index (χ0) is 33.3. The van der Waals surface area contributed by atoms with Crippen LogP contribution in [0.1, 0.15) is 109 Å². The summed E-state index contributed by atoms with van der Waals surface area (Å²) in [5.74, 6) is 5.98. The van der Waals surface area contributed by atoms with Gasteiger partial charge >= 0.3 is 11.8 Å². The van der Waals surface area contributed by atoms with Gasteiger partial charge in [0.2, 0.25) is 17.7 Å². The Hall–Kier alpha value is -4.07. The highest BCUT2D eigenvalue weighted by molar-refractivity contribution is 6.00. The van der Waals surface area contributed by atoms with Gasteiger partial charge in [0.1, 0.15) is 18.2 Å². The summed E-state index contributed by atoms with van der Waals surface area (Å²) in [6.07, 6.45) is 12.2. The quantitative estimate of drug-likeness (QED) is 0.366. The van der Waals surface area contributed by atoms with Crippen LogP contribution in [0.25, 0.3) is 11.0 Å². The molecule has 11 nitrogen and oxygen atoms in total. The lowest BCUT2D eigenvalue weighted by molar-refractivity contribution is -0.136. The lowest BCUT2D eigenvalue weighted by Gasteiger charge is -2.32. The molecule has 11 heteroatoms. The molecule has 46 heavy (non-hydrogen) atoms. The summed E-state index contributed by atoms with van der Waals surface area (Å²) in [5, 5.41) is 4.85. The zero-order valence-electron chi connectivity index (χ0n) is 27.8. The molecule has 2 N–H and O–H groups in total. The van der Waals surface area contributed by atoms with Crippen molar-refractivity contribution in [3.8, 4) is 11.8 Å². The van der Waals surface area contributed by atoms with Crippen LogP contribution in [0.15, 0.2) is 23.0 Å². The molecule has 4 amide bonds. The standard InChI is InChI=1S/C29H37N5O6.C6H12/c1-29(2,3)40-27(38)30-18-24(36)33-16-14-19(15-17-33)8-5-6-9-20-10-7-11-21-25(20)32(4)28(39)34(21)22-12-13-23(35)31-26(22)37;1-2-4-6-5-3-1/h7,10-11,19,22H,5,8,12-18H2,1-4H3,(H,30,38)(H,31,35,37);1-6H2. The maximum Gasteiger partial charge on any atom is 0.408 e. The van der Waals surface area contributed by atoms with E-state index in [1.54, 1.807) is 38.8 Å². The number of benzene rings is 1. The van der Waals surface area contributed by atoms with E-state index in [4.69, 9.17) is 4.74 Å². The van der Waals surface area contributed by atoms with E-state index in [2.05, 4.69) is 22.5 Å². The lowest BCUT2D eigenvalue weighted by atomic mass is 9.92. The van der Waals surface area contributed by atoms with Gasteiger partial charge in [-0.15, -0.1) is 0 Å². The molecule has 2 saturated heterocycles. The van der Waals surface area contributed by atoms with E-state index < -0.39 is 23.6 Å². The van der Waals surface area contributed by atoms with Crippen LogP contribution in [0, 0.1) is 17.8 Å². The molecule has 0 bridgehead atoms. The molecule has 2 aromatic rings. The van der Waals surface area contributed by atoms with Gasteiger partial charge in [0.05, 0.1) is 16.6 Å². The number of imide groups is 1. The van der Waals surface area contributed by atoms with Crippen LogP contribution in [0.3, 0.4) is 0 Å². The molecule has 1 aromatic carbocycles. The Morgan fingerprint density at radius 1 is 1.00 bits per heavy atom. The highest BCUT2D eigenvalue weighted by Gasteiger charge is 2.31. The third-order valence-electron chi connectivity index (χ3n) is 8.78.